The molecular formula is C20H29N3O4S. The lowest BCUT2D eigenvalue weighted by Gasteiger charge is -2.30. The summed E-state index contributed by atoms with van der Waals surface area (Å²) in [6.07, 6.45) is 7.76. The van der Waals surface area contributed by atoms with Gasteiger partial charge < -0.3 is 10.2 Å². The molecule has 1 saturated heterocycles. The van der Waals surface area contributed by atoms with Gasteiger partial charge in [-0.05, 0) is 50.3 Å². The zero-order chi connectivity index (χ0) is 20.3. The van der Waals surface area contributed by atoms with E-state index in [0.717, 1.165) is 43.9 Å². The Morgan fingerprint density at radius 3 is 2.46 bits per heavy atom. The fourth-order valence-electron chi connectivity index (χ4n) is 4.12. The molecule has 1 heterocycles. The first-order valence-corrected chi connectivity index (χ1v) is 11.8. The molecule has 1 aromatic rings. The summed E-state index contributed by atoms with van der Waals surface area (Å²) >= 11 is 0. The number of amides is 2. The number of carbonyl (C=O) groups excluding carboxylic acids is 2. The van der Waals surface area contributed by atoms with Crippen molar-refractivity contribution in [2.45, 2.75) is 57.9 Å². The number of likely N-dealkylation sites (tertiary alicyclic amines) is 1. The molecule has 2 aliphatic rings. The highest BCUT2D eigenvalue weighted by Crippen LogP contribution is 2.29. The third kappa shape index (κ3) is 5.04. The Bertz CT molecular complexity index is 847. The maximum Gasteiger partial charge on any atom is 0.247 e. The highest BCUT2D eigenvalue weighted by Gasteiger charge is 2.37. The van der Waals surface area contributed by atoms with Gasteiger partial charge in [0.2, 0.25) is 21.8 Å². The summed E-state index contributed by atoms with van der Waals surface area (Å²) in [7, 11) is -3.41. The minimum absolute atomic E-state index is 0.0482. The molecular weight excluding hydrogens is 378 g/mol. The third-order valence-corrected chi connectivity index (χ3v) is 6.18. The molecule has 0 spiro atoms. The Morgan fingerprint density at radius 1 is 1.07 bits per heavy atom. The van der Waals surface area contributed by atoms with E-state index in [-0.39, 0.29) is 17.7 Å². The molecule has 154 valence electrons. The number of hydrogen-bond acceptors (Lipinski definition) is 4. The van der Waals surface area contributed by atoms with Gasteiger partial charge in [-0.1, -0.05) is 25.3 Å². The Balaban J connectivity index is 1.69. The van der Waals surface area contributed by atoms with E-state index in [1.54, 1.807) is 30.0 Å². The minimum Gasteiger partial charge on any atom is -0.330 e. The number of anilines is 2. The zero-order valence-corrected chi connectivity index (χ0v) is 17.3. The monoisotopic (exact) mass is 407 g/mol. The number of carbonyl (C=O) groups is 2. The predicted molar refractivity (Wildman–Crippen MR) is 110 cm³/mol. The average molecular weight is 408 g/mol. The van der Waals surface area contributed by atoms with E-state index in [2.05, 4.69) is 10.0 Å². The molecule has 1 aliphatic heterocycles. The van der Waals surface area contributed by atoms with E-state index >= 15 is 0 Å². The number of sulfonamides is 1. The highest BCUT2D eigenvalue weighted by atomic mass is 32.2. The van der Waals surface area contributed by atoms with Crippen LogP contribution in [0.25, 0.3) is 0 Å². The van der Waals surface area contributed by atoms with Crippen LogP contribution in [0, 0.1) is 12.8 Å². The third-order valence-electron chi connectivity index (χ3n) is 5.59. The van der Waals surface area contributed by atoms with E-state index < -0.39 is 16.1 Å². The van der Waals surface area contributed by atoms with Gasteiger partial charge in [0.25, 0.3) is 0 Å². The van der Waals surface area contributed by atoms with Crippen molar-refractivity contribution < 1.29 is 18.0 Å². The largest absolute Gasteiger partial charge is 0.330 e. The standard InChI is InChI=1S/C20H29N3O4S/c1-14-10-11-16(13-17(14)22-28(2,26)27)21-19(24)18-9-6-12-23(18)20(25)15-7-4-3-5-8-15/h10-11,13,15,18,22H,3-9,12H2,1-2H3,(H,21,24). The summed E-state index contributed by atoms with van der Waals surface area (Å²) in [6.45, 7) is 2.42. The maximum atomic E-state index is 12.9. The van der Waals surface area contributed by atoms with Gasteiger partial charge in [-0.3, -0.25) is 14.3 Å². The molecule has 1 saturated carbocycles. The topological polar surface area (TPSA) is 95.6 Å². The summed E-state index contributed by atoms with van der Waals surface area (Å²) in [5, 5.41) is 2.86. The fraction of sp³-hybridized carbons (Fsp3) is 0.600. The predicted octanol–water partition coefficient (Wildman–Crippen LogP) is 2.88. The van der Waals surface area contributed by atoms with Crippen LogP contribution >= 0.6 is 0 Å². The molecule has 1 atom stereocenters. The van der Waals surface area contributed by atoms with E-state index in [1.165, 1.54) is 6.42 Å². The van der Waals surface area contributed by atoms with Crippen molar-refractivity contribution in [3.05, 3.63) is 23.8 Å². The Morgan fingerprint density at radius 2 is 1.79 bits per heavy atom. The number of benzene rings is 1. The van der Waals surface area contributed by atoms with Gasteiger partial charge >= 0.3 is 0 Å². The van der Waals surface area contributed by atoms with Crippen LogP contribution in [0.4, 0.5) is 11.4 Å². The van der Waals surface area contributed by atoms with Crippen LogP contribution in [0.1, 0.15) is 50.5 Å². The van der Waals surface area contributed by atoms with Crippen LogP contribution in [0.15, 0.2) is 18.2 Å². The van der Waals surface area contributed by atoms with Gasteiger partial charge in [0.15, 0.2) is 0 Å². The van der Waals surface area contributed by atoms with E-state index in [0.29, 0.717) is 24.3 Å². The highest BCUT2D eigenvalue weighted by molar-refractivity contribution is 7.92. The van der Waals surface area contributed by atoms with Crippen molar-refractivity contribution in [1.29, 1.82) is 0 Å². The number of nitrogens with one attached hydrogen (secondary N) is 2. The first kappa shape index (κ1) is 20.6. The molecule has 2 amide bonds. The number of hydrogen-bond donors (Lipinski definition) is 2. The molecule has 28 heavy (non-hydrogen) atoms. The molecule has 7 nitrogen and oxygen atoms in total. The second kappa shape index (κ2) is 8.51. The van der Waals surface area contributed by atoms with Crippen LogP contribution in [0.3, 0.4) is 0 Å². The Hall–Kier alpha value is -2.09. The van der Waals surface area contributed by atoms with Gasteiger partial charge in [0, 0.05) is 18.2 Å². The first-order valence-electron chi connectivity index (χ1n) is 9.94. The maximum absolute atomic E-state index is 12.9. The molecule has 2 N–H and O–H groups in total. The normalized spacial score (nSPS) is 20.8. The molecule has 8 heteroatoms. The SMILES string of the molecule is Cc1ccc(NC(=O)C2CCCN2C(=O)C2CCCCC2)cc1NS(C)(=O)=O. The lowest BCUT2D eigenvalue weighted by molar-refractivity contribution is -0.141. The Labute approximate surface area is 166 Å². The lowest BCUT2D eigenvalue weighted by Crippen LogP contribution is -2.46. The van der Waals surface area contributed by atoms with Gasteiger partial charge in [-0.25, -0.2) is 8.42 Å². The average Bonchev–Trinajstić information content (AvgIpc) is 3.13. The van der Waals surface area contributed by atoms with E-state index in [9.17, 15) is 18.0 Å². The van der Waals surface area contributed by atoms with Crippen molar-refractivity contribution >= 4 is 33.2 Å². The first-order chi connectivity index (χ1) is 13.2. The Kier molecular flexibility index (Phi) is 6.27. The van der Waals surface area contributed by atoms with Crippen molar-refractivity contribution in [2.24, 2.45) is 5.92 Å². The molecule has 2 fully saturated rings. The van der Waals surface area contributed by atoms with Gasteiger partial charge in [-0.2, -0.15) is 0 Å². The minimum atomic E-state index is -3.41. The van der Waals surface area contributed by atoms with Gasteiger partial charge in [-0.15, -0.1) is 0 Å². The van der Waals surface area contributed by atoms with E-state index in [1.807, 2.05) is 0 Å². The molecule has 1 unspecified atom stereocenters. The zero-order valence-electron chi connectivity index (χ0n) is 16.5. The van der Waals surface area contributed by atoms with Crippen LogP contribution in [-0.4, -0.2) is 44.0 Å². The van der Waals surface area contributed by atoms with Crippen molar-refractivity contribution in [2.75, 3.05) is 22.8 Å². The summed E-state index contributed by atoms with van der Waals surface area (Å²) in [5.41, 5.74) is 1.71. The molecule has 0 aromatic heterocycles. The smallest absolute Gasteiger partial charge is 0.247 e. The quantitative estimate of drug-likeness (QED) is 0.784. The van der Waals surface area contributed by atoms with Crippen LogP contribution in [-0.2, 0) is 19.6 Å². The second-order valence-electron chi connectivity index (χ2n) is 7.92. The fourth-order valence-corrected chi connectivity index (χ4v) is 4.74. The summed E-state index contributed by atoms with van der Waals surface area (Å²) in [5.74, 6) is -0.0522. The van der Waals surface area contributed by atoms with Crippen LogP contribution in [0.2, 0.25) is 0 Å². The molecule has 0 radical (unpaired) electrons. The molecule has 3 rings (SSSR count). The van der Waals surface area contributed by atoms with Crippen molar-refractivity contribution in [1.82, 2.24) is 4.90 Å². The summed E-state index contributed by atoms with van der Waals surface area (Å²) in [4.78, 5) is 27.5. The van der Waals surface area contributed by atoms with E-state index in [4.69, 9.17) is 0 Å². The van der Waals surface area contributed by atoms with Crippen molar-refractivity contribution in [3.63, 3.8) is 0 Å². The van der Waals surface area contributed by atoms with Crippen LogP contribution < -0.4 is 10.0 Å². The molecule has 1 aliphatic carbocycles. The molecule has 1 aromatic carbocycles. The van der Waals surface area contributed by atoms with Crippen LogP contribution in [0.5, 0.6) is 0 Å². The number of aryl methyl sites for hydroxylation is 1. The van der Waals surface area contributed by atoms with Crippen molar-refractivity contribution in [3.8, 4) is 0 Å². The lowest BCUT2D eigenvalue weighted by atomic mass is 9.88. The molecule has 0 bridgehead atoms. The number of nitrogens with zero attached hydrogens (tertiary/aromatic N) is 1. The summed E-state index contributed by atoms with van der Waals surface area (Å²) in [6, 6.07) is 4.64. The van der Waals surface area contributed by atoms with Gasteiger partial charge in [0.05, 0.1) is 11.9 Å². The summed E-state index contributed by atoms with van der Waals surface area (Å²) < 4.78 is 25.5. The van der Waals surface area contributed by atoms with Gasteiger partial charge in [0.1, 0.15) is 6.04 Å². The number of rotatable bonds is 5. The second-order valence-corrected chi connectivity index (χ2v) is 9.67.